The van der Waals surface area contributed by atoms with E-state index in [4.69, 9.17) is 18.9 Å². The molecule has 0 saturated heterocycles. The van der Waals surface area contributed by atoms with Gasteiger partial charge in [-0.3, -0.25) is 0 Å². The van der Waals surface area contributed by atoms with Gasteiger partial charge in [0.1, 0.15) is 0 Å². The van der Waals surface area contributed by atoms with Gasteiger partial charge in [-0.25, -0.2) is 0 Å². The fourth-order valence-corrected chi connectivity index (χ4v) is 1.40. The van der Waals surface area contributed by atoms with Crippen LogP contribution in [0, 0.1) is 0 Å². The number of hydrogen-bond acceptors (Lipinski definition) is 5. The predicted molar refractivity (Wildman–Crippen MR) is 85.8 cm³/mol. The lowest BCUT2D eigenvalue weighted by molar-refractivity contribution is -0.000424. The van der Waals surface area contributed by atoms with Crippen LogP contribution >= 0.6 is 0 Å². The Morgan fingerprint density at radius 3 is 1.62 bits per heavy atom. The van der Waals surface area contributed by atoms with Gasteiger partial charge in [-0.1, -0.05) is 13.8 Å². The van der Waals surface area contributed by atoms with Crippen molar-refractivity contribution in [1.29, 1.82) is 0 Å². The Balaban J connectivity index is 0. The summed E-state index contributed by atoms with van der Waals surface area (Å²) in [5.41, 5.74) is 0. The first kappa shape index (κ1) is 23.1. The van der Waals surface area contributed by atoms with Gasteiger partial charge in [0.2, 0.25) is 0 Å². The molecule has 0 aliphatic carbocycles. The molecule has 3 atom stereocenters. The van der Waals surface area contributed by atoms with Gasteiger partial charge in [0.05, 0.1) is 44.7 Å². The lowest BCUT2D eigenvalue weighted by atomic mass is 10.1. The van der Waals surface area contributed by atoms with Crippen molar-refractivity contribution in [3.05, 3.63) is 0 Å². The van der Waals surface area contributed by atoms with E-state index in [2.05, 4.69) is 13.8 Å². The normalized spacial score (nSPS) is 15.0. The van der Waals surface area contributed by atoms with Gasteiger partial charge in [0.25, 0.3) is 0 Å². The van der Waals surface area contributed by atoms with E-state index in [1.54, 1.807) is 14.2 Å². The van der Waals surface area contributed by atoms with E-state index in [0.717, 1.165) is 12.8 Å². The van der Waals surface area contributed by atoms with Gasteiger partial charge >= 0.3 is 0 Å². The van der Waals surface area contributed by atoms with Crippen LogP contribution in [0.1, 0.15) is 47.0 Å². The zero-order chi connectivity index (χ0) is 16.5. The minimum absolute atomic E-state index is 0.120. The molecule has 5 heteroatoms. The summed E-state index contributed by atoms with van der Waals surface area (Å²) in [4.78, 5) is 0. The highest BCUT2D eigenvalue weighted by atomic mass is 16.5. The Hall–Kier alpha value is -0.200. The summed E-state index contributed by atoms with van der Waals surface area (Å²) in [6.07, 6.45) is 2.83. The molecule has 0 aliphatic rings. The molecule has 0 radical (unpaired) electrons. The minimum Gasteiger partial charge on any atom is -0.393 e. The molecular formula is C16H36O5. The van der Waals surface area contributed by atoms with E-state index in [1.165, 1.54) is 0 Å². The van der Waals surface area contributed by atoms with Crippen molar-refractivity contribution in [2.45, 2.75) is 65.3 Å². The van der Waals surface area contributed by atoms with Crippen LogP contribution in [0.25, 0.3) is 0 Å². The van der Waals surface area contributed by atoms with Crippen molar-refractivity contribution in [3.8, 4) is 0 Å². The van der Waals surface area contributed by atoms with Crippen LogP contribution in [0.4, 0.5) is 0 Å². The van der Waals surface area contributed by atoms with E-state index < -0.39 is 0 Å². The first-order valence-electron chi connectivity index (χ1n) is 7.90. The van der Waals surface area contributed by atoms with Gasteiger partial charge in [-0.05, 0) is 33.1 Å². The molecule has 0 aromatic rings. The van der Waals surface area contributed by atoms with Crippen molar-refractivity contribution >= 4 is 0 Å². The zero-order valence-corrected chi connectivity index (χ0v) is 14.8. The van der Waals surface area contributed by atoms with Crippen LogP contribution in [0.5, 0.6) is 0 Å². The van der Waals surface area contributed by atoms with Crippen LogP contribution in [-0.2, 0) is 18.9 Å². The fourth-order valence-electron chi connectivity index (χ4n) is 1.40. The number of hydrogen-bond donors (Lipinski definition) is 1. The zero-order valence-electron chi connectivity index (χ0n) is 14.8. The van der Waals surface area contributed by atoms with Gasteiger partial charge < -0.3 is 24.1 Å². The first-order valence-corrected chi connectivity index (χ1v) is 7.90. The number of aliphatic hydroxyl groups excluding tert-OH is 1. The molecule has 0 aliphatic heterocycles. The summed E-state index contributed by atoms with van der Waals surface area (Å²) in [7, 11) is 3.33. The number of ether oxygens (including phenoxy) is 4. The molecule has 3 unspecified atom stereocenters. The highest BCUT2D eigenvalue weighted by Gasteiger charge is 2.07. The summed E-state index contributed by atoms with van der Waals surface area (Å²) in [6.45, 7) is 10.7. The second-order valence-electron chi connectivity index (χ2n) is 5.05. The largest absolute Gasteiger partial charge is 0.393 e. The van der Waals surface area contributed by atoms with Crippen LogP contribution < -0.4 is 0 Å². The number of aliphatic hydroxyl groups is 1. The van der Waals surface area contributed by atoms with E-state index in [0.29, 0.717) is 39.0 Å². The van der Waals surface area contributed by atoms with Gasteiger partial charge in [-0.15, -0.1) is 0 Å². The maximum absolute atomic E-state index is 9.27. The minimum atomic E-state index is -0.234. The third kappa shape index (κ3) is 19.8. The molecule has 21 heavy (non-hydrogen) atoms. The Kier molecular flexibility index (Phi) is 19.6. The summed E-state index contributed by atoms with van der Waals surface area (Å²) >= 11 is 0. The SMILES string of the molecule is CCC(C)OCCOC.CCC(O)CC(C)OCCOC. The van der Waals surface area contributed by atoms with Gasteiger partial charge in [0.15, 0.2) is 0 Å². The summed E-state index contributed by atoms with van der Waals surface area (Å²) < 4.78 is 20.3. The molecule has 0 spiro atoms. The van der Waals surface area contributed by atoms with Crippen molar-refractivity contribution in [1.82, 2.24) is 0 Å². The lowest BCUT2D eigenvalue weighted by Crippen LogP contribution is -2.19. The Morgan fingerprint density at radius 2 is 1.24 bits per heavy atom. The highest BCUT2D eigenvalue weighted by Crippen LogP contribution is 2.04. The van der Waals surface area contributed by atoms with Crippen molar-refractivity contribution in [2.24, 2.45) is 0 Å². The second-order valence-corrected chi connectivity index (χ2v) is 5.05. The standard InChI is InChI=1S/C9H20O3.C7H16O2/c1-4-9(10)7-8(2)12-6-5-11-3;1-4-7(2)9-6-5-8-3/h8-10H,4-7H2,1-3H3;7H,4-6H2,1-3H3. The van der Waals surface area contributed by atoms with Gasteiger partial charge in [0, 0.05) is 14.2 Å². The Morgan fingerprint density at radius 1 is 0.762 bits per heavy atom. The topological polar surface area (TPSA) is 57.2 Å². The lowest BCUT2D eigenvalue weighted by Gasteiger charge is -2.15. The van der Waals surface area contributed by atoms with E-state index >= 15 is 0 Å². The smallest absolute Gasteiger partial charge is 0.0703 e. The molecule has 0 amide bonds. The quantitative estimate of drug-likeness (QED) is 0.562. The van der Waals surface area contributed by atoms with Crippen molar-refractivity contribution in [3.63, 3.8) is 0 Å². The molecule has 0 heterocycles. The van der Waals surface area contributed by atoms with Crippen LogP contribution in [0.15, 0.2) is 0 Å². The summed E-state index contributed by atoms with van der Waals surface area (Å²) in [5.74, 6) is 0. The molecular weight excluding hydrogens is 272 g/mol. The molecule has 130 valence electrons. The third-order valence-corrected chi connectivity index (χ3v) is 3.03. The molecule has 0 fully saturated rings. The molecule has 0 rings (SSSR count). The van der Waals surface area contributed by atoms with Crippen molar-refractivity contribution in [2.75, 3.05) is 40.6 Å². The average Bonchev–Trinajstić information content (AvgIpc) is 2.48. The maximum atomic E-state index is 9.27. The van der Waals surface area contributed by atoms with Crippen LogP contribution in [-0.4, -0.2) is 64.1 Å². The van der Waals surface area contributed by atoms with Crippen molar-refractivity contribution < 1.29 is 24.1 Å². The van der Waals surface area contributed by atoms with E-state index in [-0.39, 0.29) is 12.2 Å². The number of methoxy groups -OCH3 is 2. The molecule has 5 nitrogen and oxygen atoms in total. The van der Waals surface area contributed by atoms with E-state index in [1.807, 2.05) is 13.8 Å². The third-order valence-electron chi connectivity index (χ3n) is 3.03. The first-order chi connectivity index (χ1) is 10.0. The molecule has 0 aromatic carbocycles. The monoisotopic (exact) mass is 308 g/mol. The predicted octanol–water partition coefficient (Wildman–Crippen LogP) is 2.65. The van der Waals surface area contributed by atoms with Crippen LogP contribution in [0.3, 0.4) is 0 Å². The summed E-state index contributed by atoms with van der Waals surface area (Å²) in [5, 5.41) is 9.27. The number of rotatable bonds is 12. The molecule has 1 N–H and O–H groups in total. The van der Waals surface area contributed by atoms with Crippen LogP contribution in [0.2, 0.25) is 0 Å². The average molecular weight is 308 g/mol. The molecule has 0 saturated carbocycles. The maximum Gasteiger partial charge on any atom is 0.0703 e. The fraction of sp³-hybridized carbons (Fsp3) is 1.00. The summed E-state index contributed by atoms with van der Waals surface area (Å²) in [6, 6.07) is 0. The second kappa shape index (κ2) is 17.9. The van der Waals surface area contributed by atoms with Gasteiger partial charge in [-0.2, -0.15) is 0 Å². The highest BCUT2D eigenvalue weighted by molar-refractivity contribution is 4.58. The molecule has 0 bridgehead atoms. The van der Waals surface area contributed by atoms with E-state index in [9.17, 15) is 5.11 Å². The Bertz CT molecular complexity index is 190. The molecule has 0 aromatic heterocycles. The Labute approximate surface area is 130 Å².